The van der Waals surface area contributed by atoms with Crippen LogP contribution < -0.4 is 10.1 Å². The summed E-state index contributed by atoms with van der Waals surface area (Å²) in [5, 5.41) is 3.30. The summed E-state index contributed by atoms with van der Waals surface area (Å²) < 4.78 is 5.60. The van der Waals surface area contributed by atoms with E-state index in [1.807, 2.05) is 24.0 Å². The number of ether oxygens (including phenoxy) is 1. The predicted octanol–water partition coefficient (Wildman–Crippen LogP) is 1.21. The number of halogens is 1. The van der Waals surface area contributed by atoms with Crippen LogP contribution in [0.3, 0.4) is 0 Å². The zero-order valence-corrected chi connectivity index (χ0v) is 16.6. The maximum Gasteiger partial charge on any atom is 0.219 e. The average molecular weight is 447 g/mol. The van der Waals surface area contributed by atoms with Crippen LogP contribution in [-0.4, -0.2) is 72.5 Å². The molecule has 1 aliphatic heterocycles. The van der Waals surface area contributed by atoms with Gasteiger partial charge >= 0.3 is 0 Å². The lowest BCUT2D eigenvalue weighted by Gasteiger charge is -2.36. The number of carbonyl (C=O) groups is 1. The van der Waals surface area contributed by atoms with Crippen LogP contribution in [0.15, 0.2) is 29.5 Å². The summed E-state index contributed by atoms with van der Waals surface area (Å²) in [4.78, 5) is 24.1. The summed E-state index contributed by atoms with van der Waals surface area (Å²) in [5.41, 5.74) is 0. The topological polar surface area (TPSA) is 70.1 Å². The highest BCUT2D eigenvalue weighted by Crippen LogP contribution is 2.06. The Hall–Kier alpha value is -1.58. The van der Waals surface area contributed by atoms with E-state index in [0.29, 0.717) is 13.2 Å². The molecule has 1 aliphatic rings. The van der Waals surface area contributed by atoms with E-state index in [0.717, 1.165) is 44.4 Å². The third-order valence-electron chi connectivity index (χ3n) is 3.62. The molecule has 2 rings (SSSR count). The number of nitrogens with one attached hydrogen (secondary N) is 1. The fraction of sp³-hybridized carbons (Fsp3) is 0.562. The summed E-state index contributed by atoms with van der Waals surface area (Å²) >= 11 is 0. The van der Waals surface area contributed by atoms with Gasteiger partial charge in [-0.1, -0.05) is 0 Å². The second-order valence-corrected chi connectivity index (χ2v) is 5.27. The first-order chi connectivity index (χ1) is 11.2. The Morgan fingerprint density at radius 2 is 2.04 bits per heavy atom. The predicted molar refractivity (Wildman–Crippen MR) is 105 cm³/mol. The molecule has 0 radical (unpaired) electrons. The molecule has 0 atom stereocenters. The number of carbonyl (C=O) groups excluding carboxylic acids is 1. The van der Waals surface area contributed by atoms with E-state index in [9.17, 15) is 4.79 Å². The van der Waals surface area contributed by atoms with Gasteiger partial charge < -0.3 is 19.9 Å². The largest absolute Gasteiger partial charge is 0.490 e. The van der Waals surface area contributed by atoms with Crippen LogP contribution in [0.2, 0.25) is 0 Å². The Bertz CT molecular complexity index is 518. The minimum absolute atomic E-state index is 0. The zero-order chi connectivity index (χ0) is 16.5. The standard InChI is InChI=1S/C16H25N5O2.HI/c1-3-18-16(21-10-8-20(9-11-21)14(2)22)19-7-12-23-15-5-4-6-17-13-15;/h4-6,13H,3,7-12H2,1-2H3,(H,18,19);1H. The SMILES string of the molecule is CCNC(=NCCOc1cccnc1)N1CCN(C(C)=O)CC1.I. The van der Waals surface area contributed by atoms with Gasteiger partial charge in [-0.05, 0) is 19.1 Å². The van der Waals surface area contributed by atoms with Crippen LogP contribution in [0.4, 0.5) is 0 Å². The van der Waals surface area contributed by atoms with Crippen LogP contribution in [0.5, 0.6) is 5.75 Å². The molecule has 8 heteroatoms. The van der Waals surface area contributed by atoms with Gasteiger partial charge in [0, 0.05) is 45.8 Å². The molecule has 2 heterocycles. The number of aromatic nitrogens is 1. The normalized spacial score (nSPS) is 14.8. The highest BCUT2D eigenvalue weighted by Gasteiger charge is 2.20. The summed E-state index contributed by atoms with van der Waals surface area (Å²) in [6, 6.07) is 3.72. The molecular weight excluding hydrogens is 421 g/mol. The summed E-state index contributed by atoms with van der Waals surface area (Å²) in [7, 11) is 0. The number of rotatable bonds is 5. The van der Waals surface area contributed by atoms with Crippen LogP contribution in [0.1, 0.15) is 13.8 Å². The average Bonchev–Trinajstić information content (AvgIpc) is 2.58. The molecule has 1 aromatic rings. The van der Waals surface area contributed by atoms with Gasteiger partial charge in [-0.2, -0.15) is 0 Å². The smallest absolute Gasteiger partial charge is 0.219 e. The van der Waals surface area contributed by atoms with Crippen molar-refractivity contribution in [2.75, 3.05) is 45.9 Å². The lowest BCUT2D eigenvalue weighted by atomic mass is 10.3. The van der Waals surface area contributed by atoms with Gasteiger partial charge in [0.15, 0.2) is 5.96 Å². The van der Waals surface area contributed by atoms with E-state index in [4.69, 9.17) is 4.74 Å². The van der Waals surface area contributed by atoms with Crippen molar-refractivity contribution < 1.29 is 9.53 Å². The number of hydrogen-bond acceptors (Lipinski definition) is 4. The molecule has 7 nitrogen and oxygen atoms in total. The second-order valence-electron chi connectivity index (χ2n) is 5.27. The molecule has 134 valence electrons. The minimum Gasteiger partial charge on any atom is -0.490 e. The summed E-state index contributed by atoms with van der Waals surface area (Å²) in [5.74, 6) is 1.77. The number of aliphatic imine (C=N–C) groups is 1. The van der Waals surface area contributed by atoms with Crippen LogP contribution in [-0.2, 0) is 4.79 Å². The molecule has 1 amide bonds. The maximum atomic E-state index is 11.4. The van der Waals surface area contributed by atoms with Gasteiger partial charge in [-0.25, -0.2) is 4.99 Å². The lowest BCUT2D eigenvalue weighted by molar-refractivity contribution is -0.130. The highest BCUT2D eigenvalue weighted by atomic mass is 127. The molecule has 0 spiro atoms. The van der Waals surface area contributed by atoms with E-state index in [-0.39, 0.29) is 29.9 Å². The Morgan fingerprint density at radius 1 is 1.33 bits per heavy atom. The first kappa shape index (κ1) is 20.5. The van der Waals surface area contributed by atoms with Crippen LogP contribution in [0, 0.1) is 0 Å². The first-order valence-corrected chi connectivity index (χ1v) is 8.02. The molecule has 0 unspecified atom stereocenters. The molecule has 0 saturated carbocycles. The quantitative estimate of drug-likeness (QED) is 0.318. The Balaban J connectivity index is 0.00000288. The molecule has 24 heavy (non-hydrogen) atoms. The fourth-order valence-electron chi connectivity index (χ4n) is 2.41. The molecule has 1 aromatic heterocycles. The Labute approximate surface area is 160 Å². The van der Waals surface area contributed by atoms with E-state index < -0.39 is 0 Å². The molecule has 0 aliphatic carbocycles. The number of pyridine rings is 1. The monoisotopic (exact) mass is 447 g/mol. The van der Waals surface area contributed by atoms with Gasteiger partial charge in [0.2, 0.25) is 5.91 Å². The summed E-state index contributed by atoms with van der Waals surface area (Å²) in [6.45, 7) is 8.65. The zero-order valence-electron chi connectivity index (χ0n) is 14.3. The minimum atomic E-state index is 0. The van der Waals surface area contributed by atoms with Crippen LogP contribution >= 0.6 is 24.0 Å². The van der Waals surface area contributed by atoms with Crippen molar-refractivity contribution in [2.24, 2.45) is 4.99 Å². The van der Waals surface area contributed by atoms with Crippen molar-refractivity contribution in [2.45, 2.75) is 13.8 Å². The van der Waals surface area contributed by atoms with Crippen molar-refractivity contribution in [1.29, 1.82) is 0 Å². The number of amides is 1. The Kier molecular flexibility index (Phi) is 9.43. The van der Waals surface area contributed by atoms with Gasteiger partial charge in [-0.3, -0.25) is 9.78 Å². The third-order valence-corrected chi connectivity index (χ3v) is 3.62. The number of piperazine rings is 1. The summed E-state index contributed by atoms with van der Waals surface area (Å²) in [6.07, 6.45) is 3.41. The molecule has 1 fully saturated rings. The van der Waals surface area contributed by atoms with E-state index in [2.05, 4.69) is 20.2 Å². The number of nitrogens with zero attached hydrogens (tertiary/aromatic N) is 4. The van der Waals surface area contributed by atoms with Gasteiger partial charge in [0.25, 0.3) is 0 Å². The fourth-order valence-corrected chi connectivity index (χ4v) is 2.41. The van der Waals surface area contributed by atoms with Crippen molar-refractivity contribution in [3.8, 4) is 5.75 Å². The first-order valence-electron chi connectivity index (χ1n) is 8.02. The van der Waals surface area contributed by atoms with Crippen molar-refractivity contribution in [3.05, 3.63) is 24.5 Å². The molecule has 0 aromatic carbocycles. The number of hydrogen-bond donors (Lipinski definition) is 1. The number of guanidine groups is 1. The van der Waals surface area contributed by atoms with Gasteiger partial charge in [0.1, 0.15) is 12.4 Å². The maximum absolute atomic E-state index is 11.4. The van der Waals surface area contributed by atoms with E-state index >= 15 is 0 Å². The molecular formula is C16H26IN5O2. The third kappa shape index (κ3) is 6.50. The molecule has 1 N–H and O–H groups in total. The molecule has 0 bridgehead atoms. The molecule has 1 saturated heterocycles. The van der Waals surface area contributed by atoms with Gasteiger partial charge in [0.05, 0.1) is 12.7 Å². The lowest BCUT2D eigenvalue weighted by Crippen LogP contribution is -2.53. The highest BCUT2D eigenvalue weighted by molar-refractivity contribution is 14.0. The van der Waals surface area contributed by atoms with Crippen molar-refractivity contribution >= 4 is 35.8 Å². The van der Waals surface area contributed by atoms with E-state index in [1.165, 1.54) is 0 Å². The van der Waals surface area contributed by atoms with E-state index in [1.54, 1.807) is 19.3 Å². The van der Waals surface area contributed by atoms with Crippen LogP contribution in [0.25, 0.3) is 0 Å². The van der Waals surface area contributed by atoms with Crippen molar-refractivity contribution in [3.63, 3.8) is 0 Å². The Morgan fingerprint density at radius 3 is 2.62 bits per heavy atom. The van der Waals surface area contributed by atoms with Crippen molar-refractivity contribution in [1.82, 2.24) is 20.1 Å². The van der Waals surface area contributed by atoms with Gasteiger partial charge in [-0.15, -0.1) is 24.0 Å². The second kappa shape index (κ2) is 11.1.